The number of anilines is 1. The summed E-state index contributed by atoms with van der Waals surface area (Å²) in [5, 5.41) is 14.0. The van der Waals surface area contributed by atoms with E-state index in [1.54, 1.807) is 0 Å². The minimum Gasteiger partial charge on any atom is -0.480 e. The second-order valence-corrected chi connectivity index (χ2v) is 4.35. The summed E-state index contributed by atoms with van der Waals surface area (Å²) in [5.41, 5.74) is 5.21. The summed E-state index contributed by atoms with van der Waals surface area (Å²) >= 11 is 1.12. The van der Waals surface area contributed by atoms with E-state index in [9.17, 15) is 14.4 Å². The summed E-state index contributed by atoms with van der Waals surface area (Å²) in [6.07, 6.45) is 2.05. The molecule has 8 nitrogen and oxygen atoms in total. The molecular weight excluding hydrogens is 260 g/mol. The first-order valence-corrected chi connectivity index (χ1v) is 5.74. The molecule has 0 aliphatic carbocycles. The van der Waals surface area contributed by atoms with Crippen molar-refractivity contribution in [1.29, 1.82) is 0 Å². The zero-order valence-electron chi connectivity index (χ0n) is 9.25. The number of nitrogens with two attached hydrogens (primary N) is 1. The highest BCUT2D eigenvalue weighted by molar-refractivity contribution is 7.17. The summed E-state index contributed by atoms with van der Waals surface area (Å²) in [6.45, 7) is -0.217. The molecule has 0 aromatic carbocycles. The maximum atomic E-state index is 11.3. The van der Waals surface area contributed by atoms with Gasteiger partial charge in [0.05, 0.1) is 17.6 Å². The average Bonchev–Trinajstić information content (AvgIpc) is 2.81. The molecule has 5 N–H and O–H groups in total. The van der Waals surface area contributed by atoms with E-state index in [0.29, 0.717) is 16.3 Å². The van der Waals surface area contributed by atoms with Crippen LogP contribution in [-0.2, 0) is 9.59 Å². The number of carboxylic acid groups (broad SMARTS) is 1. The topological polar surface area (TPSA) is 134 Å². The van der Waals surface area contributed by atoms with Gasteiger partial charge in [0.25, 0.3) is 0 Å². The molecule has 1 amide bonds. The van der Waals surface area contributed by atoms with Crippen molar-refractivity contribution in [3.05, 3.63) is 11.1 Å². The standard InChI is InChI=1S/C9H12N4O4S/c10-6(8(16)17)2-11-7(15)3-13-9-12-1-5(4-14)18-9/h1,4,6H,2-3,10H2,(H,11,15)(H,12,13)(H,16,17). The summed E-state index contributed by atoms with van der Waals surface area (Å²) in [4.78, 5) is 36.4. The van der Waals surface area contributed by atoms with Crippen LogP contribution in [0.1, 0.15) is 9.67 Å². The minimum absolute atomic E-state index is 0.0713. The Kier molecular flexibility index (Phi) is 5.21. The van der Waals surface area contributed by atoms with Crippen molar-refractivity contribution in [2.24, 2.45) is 5.73 Å². The van der Waals surface area contributed by atoms with Crippen LogP contribution in [0.4, 0.5) is 5.13 Å². The SMILES string of the molecule is NC(CNC(=O)CNc1ncc(C=O)s1)C(=O)O. The van der Waals surface area contributed by atoms with E-state index in [0.717, 1.165) is 11.3 Å². The maximum absolute atomic E-state index is 11.3. The Hall–Kier alpha value is -2.00. The van der Waals surface area contributed by atoms with Gasteiger partial charge < -0.3 is 21.5 Å². The molecule has 1 rings (SSSR count). The number of carbonyl (C=O) groups excluding carboxylic acids is 2. The van der Waals surface area contributed by atoms with Gasteiger partial charge in [-0.1, -0.05) is 11.3 Å². The molecule has 18 heavy (non-hydrogen) atoms. The largest absolute Gasteiger partial charge is 0.480 e. The van der Waals surface area contributed by atoms with Gasteiger partial charge in [0.15, 0.2) is 11.4 Å². The van der Waals surface area contributed by atoms with E-state index in [-0.39, 0.29) is 13.1 Å². The summed E-state index contributed by atoms with van der Waals surface area (Å²) in [7, 11) is 0. The molecule has 0 fully saturated rings. The van der Waals surface area contributed by atoms with Crippen molar-refractivity contribution in [3.8, 4) is 0 Å². The van der Waals surface area contributed by atoms with E-state index in [1.807, 2.05) is 0 Å². The molecule has 0 spiro atoms. The van der Waals surface area contributed by atoms with Crippen molar-refractivity contribution in [2.45, 2.75) is 6.04 Å². The Bertz CT molecular complexity index is 448. The highest BCUT2D eigenvalue weighted by atomic mass is 32.1. The number of nitrogens with zero attached hydrogens (tertiary/aromatic N) is 1. The zero-order chi connectivity index (χ0) is 13.5. The zero-order valence-corrected chi connectivity index (χ0v) is 10.1. The number of amides is 1. The molecule has 1 atom stereocenters. The highest BCUT2D eigenvalue weighted by Gasteiger charge is 2.12. The smallest absolute Gasteiger partial charge is 0.322 e. The van der Waals surface area contributed by atoms with Crippen LogP contribution >= 0.6 is 11.3 Å². The number of aromatic nitrogens is 1. The van der Waals surface area contributed by atoms with Crippen molar-refractivity contribution < 1.29 is 19.5 Å². The Morgan fingerprint density at radius 2 is 2.33 bits per heavy atom. The van der Waals surface area contributed by atoms with Crippen LogP contribution in [0, 0.1) is 0 Å². The van der Waals surface area contributed by atoms with E-state index in [2.05, 4.69) is 15.6 Å². The lowest BCUT2D eigenvalue weighted by Crippen LogP contribution is -2.43. The van der Waals surface area contributed by atoms with Crippen molar-refractivity contribution >= 4 is 34.6 Å². The number of aliphatic carboxylic acids is 1. The molecule has 0 aliphatic rings. The lowest BCUT2D eigenvalue weighted by Gasteiger charge is -2.08. The van der Waals surface area contributed by atoms with Gasteiger partial charge in [0.1, 0.15) is 6.04 Å². The second kappa shape index (κ2) is 6.67. The maximum Gasteiger partial charge on any atom is 0.322 e. The molecule has 0 bridgehead atoms. The number of rotatable bonds is 7. The molecule has 1 heterocycles. The Morgan fingerprint density at radius 3 is 2.89 bits per heavy atom. The summed E-state index contributed by atoms with van der Waals surface area (Å²) in [5.74, 6) is -1.59. The number of carbonyl (C=O) groups is 3. The molecule has 1 aromatic rings. The molecule has 0 saturated heterocycles. The normalized spacial score (nSPS) is 11.6. The fourth-order valence-corrected chi connectivity index (χ4v) is 1.58. The lowest BCUT2D eigenvalue weighted by molar-refractivity contribution is -0.138. The quantitative estimate of drug-likeness (QED) is 0.462. The number of aldehydes is 1. The fraction of sp³-hybridized carbons (Fsp3) is 0.333. The van der Waals surface area contributed by atoms with Crippen molar-refractivity contribution in [1.82, 2.24) is 10.3 Å². The third-order valence-corrected chi connectivity index (χ3v) is 2.76. The van der Waals surface area contributed by atoms with Gasteiger partial charge >= 0.3 is 5.97 Å². The van der Waals surface area contributed by atoms with Crippen LogP contribution < -0.4 is 16.4 Å². The Morgan fingerprint density at radius 1 is 1.61 bits per heavy atom. The third-order valence-electron chi connectivity index (χ3n) is 1.88. The number of nitrogens with one attached hydrogen (secondary N) is 2. The van der Waals surface area contributed by atoms with Crippen LogP contribution in [0.5, 0.6) is 0 Å². The van der Waals surface area contributed by atoms with Crippen LogP contribution in [0.3, 0.4) is 0 Å². The first kappa shape index (κ1) is 14.1. The van der Waals surface area contributed by atoms with Gasteiger partial charge in [-0.15, -0.1) is 0 Å². The predicted octanol–water partition coefficient (Wildman–Crippen LogP) is -1.10. The van der Waals surface area contributed by atoms with Gasteiger partial charge in [0.2, 0.25) is 5.91 Å². The Balaban J connectivity index is 2.28. The van der Waals surface area contributed by atoms with Crippen molar-refractivity contribution in [3.63, 3.8) is 0 Å². The first-order valence-electron chi connectivity index (χ1n) is 4.93. The minimum atomic E-state index is -1.18. The molecule has 0 saturated carbocycles. The second-order valence-electron chi connectivity index (χ2n) is 3.29. The first-order chi connectivity index (χ1) is 8.52. The van der Waals surface area contributed by atoms with E-state index in [1.165, 1.54) is 6.20 Å². The predicted molar refractivity (Wildman–Crippen MR) is 64.6 cm³/mol. The van der Waals surface area contributed by atoms with Crippen LogP contribution in [0.2, 0.25) is 0 Å². The molecule has 1 aromatic heterocycles. The number of carboxylic acids is 1. The summed E-state index contributed by atoms with van der Waals surface area (Å²) in [6, 6.07) is -1.13. The van der Waals surface area contributed by atoms with E-state index < -0.39 is 17.9 Å². The molecule has 0 aliphatic heterocycles. The molecule has 9 heteroatoms. The van der Waals surface area contributed by atoms with Gasteiger partial charge in [-0.25, -0.2) is 4.98 Å². The molecular formula is C9H12N4O4S. The Labute approximate surface area is 106 Å². The van der Waals surface area contributed by atoms with E-state index >= 15 is 0 Å². The molecule has 0 radical (unpaired) electrons. The van der Waals surface area contributed by atoms with Gasteiger partial charge in [-0.05, 0) is 0 Å². The van der Waals surface area contributed by atoms with Gasteiger partial charge in [-0.3, -0.25) is 14.4 Å². The van der Waals surface area contributed by atoms with Gasteiger partial charge in [0, 0.05) is 6.54 Å². The van der Waals surface area contributed by atoms with Crippen LogP contribution in [0.25, 0.3) is 0 Å². The lowest BCUT2D eigenvalue weighted by atomic mass is 10.3. The molecule has 1 unspecified atom stereocenters. The summed E-state index contributed by atoms with van der Waals surface area (Å²) < 4.78 is 0. The van der Waals surface area contributed by atoms with E-state index in [4.69, 9.17) is 10.8 Å². The van der Waals surface area contributed by atoms with Crippen LogP contribution in [0.15, 0.2) is 6.20 Å². The molecule has 98 valence electrons. The van der Waals surface area contributed by atoms with Crippen LogP contribution in [-0.4, -0.2) is 47.4 Å². The number of hydrogen-bond donors (Lipinski definition) is 4. The highest BCUT2D eigenvalue weighted by Crippen LogP contribution is 2.15. The van der Waals surface area contributed by atoms with Gasteiger partial charge in [-0.2, -0.15) is 0 Å². The average molecular weight is 272 g/mol. The fourth-order valence-electron chi connectivity index (χ4n) is 0.952. The van der Waals surface area contributed by atoms with Crippen molar-refractivity contribution in [2.75, 3.05) is 18.4 Å². The number of hydrogen-bond acceptors (Lipinski definition) is 7. The monoisotopic (exact) mass is 272 g/mol. The number of thiazole rings is 1. The third kappa shape index (κ3) is 4.47.